The lowest BCUT2D eigenvalue weighted by atomic mass is 10.1. The molecule has 5 rings (SSSR count). The lowest BCUT2D eigenvalue weighted by Crippen LogP contribution is -2.40. The molecule has 0 unspecified atom stereocenters. The molecule has 1 aliphatic heterocycles. The second kappa shape index (κ2) is 10.6. The van der Waals surface area contributed by atoms with Crippen molar-refractivity contribution in [2.45, 2.75) is 50.7 Å². The summed E-state index contributed by atoms with van der Waals surface area (Å²) in [6, 6.07) is 16.0. The summed E-state index contributed by atoms with van der Waals surface area (Å²) in [6.45, 7) is 4.63. The Balaban J connectivity index is 1.17. The third kappa shape index (κ3) is 5.85. The molecule has 1 saturated heterocycles. The Morgan fingerprint density at radius 1 is 0.914 bits per heavy atom. The topological polar surface area (TPSA) is 75.6 Å². The molecule has 1 saturated carbocycles. The lowest BCUT2D eigenvalue weighted by molar-refractivity contribution is 0.423. The number of benzene rings is 2. The minimum Gasteiger partial charge on any atom is -0.457 e. The van der Waals surface area contributed by atoms with Gasteiger partial charge < -0.3 is 9.64 Å². The number of aromatic nitrogens is 2. The molecule has 186 valence electrons. The lowest BCUT2D eigenvalue weighted by Gasteiger charge is -2.24. The summed E-state index contributed by atoms with van der Waals surface area (Å²) in [5.74, 6) is 2.41. The Labute approximate surface area is 212 Å². The van der Waals surface area contributed by atoms with Gasteiger partial charge in [-0.05, 0) is 56.0 Å². The van der Waals surface area contributed by atoms with Gasteiger partial charge in [0.2, 0.25) is 15.2 Å². The first-order valence-electron chi connectivity index (χ1n) is 12.4. The van der Waals surface area contributed by atoms with Crippen molar-refractivity contribution < 1.29 is 13.2 Å². The average Bonchev–Trinajstić information content (AvgIpc) is 3.50. The number of rotatable bonds is 7. The molecule has 2 aromatic carbocycles. The van der Waals surface area contributed by atoms with Crippen molar-refractivity contribution in [2.24, 2.45) is 0 Å². The van der Waals surface area contributed by atoms with E-state index in [9.17, 15) is 8.42 Å². The van der Waals surface area contributed by atoms with E-state index in [4.69, 9.17) is 9.72 Å². The molecule has 1 aromatic heterocycles. The van der Waals surface area contributed by atoms with Crippen molar-refractivity contribution >= 4 is 26.7 Å². The van der Waals surface area contributed by atoms with E-state index < -0.39 is 10.0 Å². The number of sulfonamides is 1. The molecule has 0 amide bonds. The fourth-order valence-corrected chi connectivity index (χ4v) is 7.59. The Morgan fingerprint density at radius 3 is 2.31 bits per heavy atom. The van der Waals surface area contributed by atoms with E-state index in [2.05, 4.69) is 16.2 Å². The molecule has 0 radical (unpaired) electrons. The fourth-order valence-electron chi connectivity index (χ4n) is 4.78. The highest BCUT2D eigenvalue weighted by molar-refractivity contribution is 7.89. The summed E-state index contributed by atoms with van der Waals surface area (Å²) in [5.41, 5.74) is 2.32. The smallest absolute Gasteiger partial charge is 0.217 e. The molecule has 0 N–H and O–H groups in total. The van der Waals surface area contributed by atoms with E-state index in [1.807, 2.05) is 48.5 Å². The van der Waals surface area contributed by atoms with E-state index in [0.29, 0.717) is 26.1 Å². The van der Waals surface area contributed by atoms with E-state index in [1.54, 1.807) is 4.31 Å². The van der Waals surface area contributed by atoms with Crippen LogP contribution in [0.1, 0.15) is 49.1 Å². The second-order valence-electron chi connectivity index (χ2n) is 9.42. The predicted octanol–water partition coefficient (Wildman–Crippen LogP) is 5.01. The zero-order chi connectivity index (χ0) is 24.3. The summed E-state index contributed by atoms with van der Waals surface area (Å²) >= 11 is 1.40. The van der Waals surface area contributed by atoms with Gasteiger partial charge in [0, 0.05) is 44.1 Å². The zero-order valence-electron chi connectivity index (χ0n) is 20.1. The van der Waals surface area contributed by atoms with Crippen molar-refractivity contribution in [3.63, 3.8) is 0 Å². The predicted molar refractivity (Wildman–Crippen MR) is 140 cm³/mol. The Kier molecular flexibility index (Phi) is 7.36. The molecule has 0 spiro atoms. The van der Waals surface area contributed by atoms with Crippen LogP contribution >= 0.6 is 11.5 Å². The Morgan fingerprint density at radius 2 is 1.60 bits per heavy atom. The highest BCUT2D eigenvalue weighted by Crippen LogP contribution is 2.29. The normalized spacial score (nSPS) is 18.0. The van der Waals surface area contributed by atoms with E-state index >= 15 is 0 Å². The van der Waals surface area contributed by atoms with Crippen molar-refractivity contribution in [3.05, 3.63) is 65.5 Å². The minimum atomic E-state index is -3.19. The first kappa shape index (κ1) is 24.2. The van der Waals surface area contributed by atoms with Crippen LogP contribution in [0.25, 0.3) is 0 Å². The molecule has 2 aliphatic rings. The van der Waals surface area contributed by atoms with Gasteiger partial charge in [-0.2, -0.15) is 8.68 Å². The summed E-state index contributed by atoms with van der Waals surface area (Å²) in [6.07, 6.45) is 5.13. The maximum absolute atomic E-state index is 13.0. The van der Waals surface area contributed by atoms with Crippen LogP contribution in [0.5, 0.6) is 11.5 Å². The molecule has 0 bridgehead atoms. The van der Waals surface area contributed by atoms with Crippen LogP contribution in [-0.4, -0.2) is 53.5 Å². The van der Waals surface area contributed by atoms with Crippen LogP contribution in [0.15, 0.2) is 48.5 Å². The van der Waals surface area contributed by atoms with E-state index in [1.165, 1.54) is 17.1 Å². The number of aryl methyl sites for hydroxylation is 1. The van der Waals surface area contributed by atoms with Crippen molar-refractivity contribution in [3.8, 4) is 11.5 Å². The largest absolute Gasteiger partial charge is 0.457 e. The summed E-state index contributed by atoms with van der Waals surface area (Å²) in [4.78, 5) is 6.95. The molecule has 7 nitrogen and oxygen atoms in total. The molecule has 2 heterocycles. The van der Waals surface area contributed by atoms with Crippen LogP contribution in [0, 0.1) is 6.92 Å². The molecular formula is C26H32N4O3S2. The Hall–Kier alpha value is -2.49. The van der Waals surface area contributed by atoms with Crippen molar-refractivity contribution in [1.82, 2.24) is 13.7 Å². The van der Waals surface area contributed by atoms with Crippen LogP contribution in [0.3, 0.4) is 0 Å². The molecule has 0 atom stereocenters. The average molecular weight is 513 g/mol. The van der Waals surface area contributed by atoms with Crippen molar-refractivity contribution in [1.29, 1.82) is 0 Å². The van der Waals surface area contributed by atoms with Gasteiger partial charge >= 0.3 is 0 Å². The first-order valence-corrected chi connectivity index (χ1v) is 14.6. The third-order valence-corrected chi connectivity index (χ3v) is 10.0. The molecule has 1 aliphatic carbocycles. The number of hydrogen-bond acceptors (Lipinski definition) is 7. The van der Waals surface area contributed by atoms with Gasteiger partial charge in [0.1, 0.15) is 17.3 Å². The highest BCUT2D eigenvalue weighted by Gasteiger charge is 2.35. The first-order chi connectivity index (χ1) is 17.0. The van der Waals surface area contributed by atoms with E-state index in [-0.39, 0.29) is 5.25 Å². The summed E-state index contributed by atoms with van der Waals surface area (Å²) < 4.78 is 38.2. The summed E-state index contributed by atoms with van der Waals surface area (Å²) in [7, 11) is -3.19. The van der Waals surface area contributed by atoms with Gasteiger partial charge in [-0.3, -0.25) is 0 Å². The van der Waals surface area contributed by atoms with Crippen LogP contribution in [0.4, 0.5) is 5.13 Å². The maximum Gasteiger partial charge on any atom is 0.217 e. The van der Waals surface area contributed by atoms with Crippen molar-refractivity contribution in [2.75, 3.05) is 31.1 Å². The Bertz CT molecular complexity index is 1220. The van der Waals surface area contributed by atoms with Crippen LogP contribution < -0.4 is 9.64 Å². The molecular weight excluding hydrogens is 480 g/mol. The molecule has 2 fully saturated rings. The van der Waals surface area contributed by atoms with Gasteiger partial charge in [0.05, 0.1) is 5.25 Å². The minimum absolute atomic E-state index is 0.184. The van der Waals surface area contributed by atoms with Gasteiger partial charge in [-0.15, -0.1) is 0 Å². The molecule has 3 aromatic rings. The second-order valence-corrected chi connectivity index (χ2v) is 12.4. The highest BCUT2D eigenvalue weighted by atomic mass is 32.2. The zero-order valence-corrected chi connectivity index (χ0v) is 21.7. The van der Waals surface area contributed by atoms with E-state index in [0.717, 1.165) is 66.7 Å². The number of anilines is 1. The van der Waals surface area contributed by atoms with Gasteiger partial charge in [0.25, 0.3) is 0 Å². The summed E-state index contributed by atoms with van der Waals surface area (Å²) in [5, 5.41) is 0.690. The van der Waals surface area contributed by atoms with Crippen LogP contribution in [-0.2, 0) is 16.4 Å². The number of hydrogen-bond donors (Lipinski definition) is 0. The third-order valence-electron chi connectivity index (χ3n) is 6.81. The van der Waals surface area contributed by atoms with Gasteiger partial charge in [0.15, 0.2) is 0 Å². The van der Waals surface area contributed by atoms with Gasteiger partial charge in [-0.25, -0.2) is 13.4 Å². The fraction of sp³-hybridized carbons (Fsp3) is 0.462. The molecule has 9 heteroatoms. The maximum atomic E-state index is 13.0. The number of ether oxygens (including phenoxy) is 1. The van der Waals surface area contributed by atoms with Crippen LogP contribution in [0.2, 0.25) is 0 Å². The molecule has 35 heavy (non-hydrogen) atoms. The number of nitrogens with zero attached hydrogens (tertiary/aromatic N) is 4. The SMILES string of the molecule is Cc1ccc(Oc2ccc(Cc3nsc(N4CCCN(S(=O)(=O)C5CCCC5)CC4)n3)cc2)cc1. The monoisotopic (exact) mass is 512 g/mol. The standard InChI is InChI=1S/C26H32N4O3S2/c1-20-7-11-22(12-8-20)33-23-13-9-21(10-14-23)19-25-27-26(34-28-25)29-15-4-16-30(18-17-29)35(31,32)24-5-2-3-6-24/h7-14,24H,2-6,15-19H2,1H3. The van der Waals surface area contributed by atoms with Gasteiger partial charge in [-0.1, -0.05) is 42.7 Å². The quantitative estimate of drug-likeness (QED) is 0.443.